The Bertz CT molecular complexity index is 1570. The lowest BCUT2D eigenvalue weighted by atomic mass is 9.66. The zero-order chi connectivity index (χ0) is 30.4. The molecule has 224 valence electrons. The van der Waals surface area contributed by atoms with E-state index in [9.17, 15) is 19.5 Å². The molecule has 11 nitrogen and oxygen atoms in total. The van der Waals surface area contributed by atoms with Crippen LogP contribution in [0.4, 0.5) is 5.69 Å². The van der Waals surface area contributed by atoms with Crippen LogP contribution in [0.2, 0.25) is 0 Å². The normalized spacial score (nSPS) is 27.3. The number of rotatable bonds is 11. The molecule has 2 unspecified atom stereocenters. The number of ether oxygens (including phenoxy) is 1. The van der Waals surface area contributed by atoms with Crippen molar-refractivity contribution in [3.63, 3.8) is 0 Å². The molecule has 3 aromatic rings. The molecule has 3 aliphatic rings. The van der Waals surface area contributed by atoms with Crippen molar-refractivity contribution in [1.29, 1.82) is 0 Å². The van der Waals surface area contributed by atoms with Crippen molar-refractivity contribution in [3.8, 4) is 0 Å². The van der Waals surface area contributed by atoms with Crippen LogP contribution in [0, 0.1) is 11.8 Å². The van der Waals surface area contributed by atoms with E-state index >= 15 is 0 Å². The molecule has 3 aliphatic heterocycles. The molecular formula is C32H36N6O5. The molecule has 0 aliphatic carbocycles. The minimum Gasteiger partial charge on any atom is -0.395 e. The zero-order valence-electron chi connectivity index (χ0n) is 24.2. The Morgan fingerprint density at radius 1 is 1.07 bits per heavy atom. The van der Waals surface area contributed by atoms with Crippen LogP contribution in [-0.4, -0.2) is 91.1 Å². The third kappa shape index (κ3) is 4.45. The van der Waals surface area contributed by atoms with Gasteiger partial charge in [0.2, 0.25) is 17.7 Å². The number of carbonyl (C=O) groups is 3. The average molecular weight is 585 g/mol. The van der Waals surface area contributed by atoms with Gasteiger partial charge in [-0.15, -0.1) is 18.3 Å². The Kier molecular flexibility index (Phi) is 7.39. The number of β-amino-alcohol motifs (C(OH)–C–C–N with tert-alkyl or cyclic N) is 1. The summed E-state index contributed by atoms with van der Waals surface area (Å²) in [6.07, 6.45) is 4.21. The summed E-state index contributed by atoms with van der Waals surface area (Å²) in [5.74, 6) is -2.66. The van der Waals surface area contributed by atoms with Crippen LogP contribution < -0.4 is 4.90 Å². The highest BCUT2D eigenvalue weighted by atomic mass is 16.5. The molecule has 1 N–H and O–H groups in total. The van der Waals surface area contributed by atoms with E-state index in [0.29, 0.717) is 24.0 Å². The first-order valence-electron chi connectivity index (χ1n) is 14.6. The van der Waals surface area contributed by atoms with Gasteiger partial charge in [-0.25, -0.2) is 4.68 Å². The number of fused-ring (bicyclic) bond motifs is 2. The molecule has 4 heterocycles. The highest BCUT2D eigenvalue weighted by molar-refractivity contribution is 6.03. The maximum atomic E-state index is 14.5. The number of anilines is 1. The second-order valence-electron chi connectivity index (χ2n) is 11.6. The SMILES string of the molecule is C=CCN(Cn1nnc2ccccc21)C(=O)C1N(CCO)C(=O)[C@@H]2[C@H](C(=O)N(CC=C)c3ccccc3)[C@]3(C)CCC12O3. The Balaban J connectivity index is 1.38. The molecule has 5 atom stereocenters. The zero-order valence-corrected chi connectivity index (χ0v) is 24.2. The van der Waals surface area contributed by atoms with Crippen LogP contribution in [-0.2, 0) is 25.8 Å². The van der Waals surface area contributed by atoms with Gasteiger partial charge < -0.3 is 24.5 Å². The van der Waals surface area contributed by atoms with E-state index in [1.54, 1.807) is 26.6 Å². The van der Waals surface area contributed by atoms with Crippen molar-refractivity contribution in [2.75, 3.05) is 31.1 Å². The monoisotopic (exact) mass is 584 g/mol. The summed E-state index contributed by atoms with van der Waals surface area (Å²) in [6, 6.07) is 15.7. The number of para-hydroxylation sites is 2. The standard InChI is InChI=1S/C32H36N6O5/c1-4-17-35(21-38-24-14-10-9-13-23(24)33-34-38)30(42)27-32-16-15-31(3,43-32)25(26(32)29(41)37(27)19-20-39)28(40)36(18-5-2)22-11-7-6-8-12-22/h4-14,25-27,39H,1-2,15-21H2,3H3/t25-,26+,27?,31+,32?/m1/s1. The van der Waals surface area contributed by atoms with Gasteiger partial charge in [0, 0.05) is 25.3 Å². The Hall–Kier alpha value is -4.35. The summed E-state index contributed by atoms with van der Waals surface area (Å²) in [7, 11) is 0. The summed E-state index contributed by atoms with van der Waals surface area (Å²) in [4.78, 5) is 47.8. The van der Waals surface area contributed by atoms with Gasteiger partial charge in [-0.3, -0.25) is 14.4 Å². The lowest BCUT2D eigenvalue weighted by Gasteiger charge is -2.36. The fourth-order valence-electron chi connectivity index (χ4n) is 7.39. The van der Waals surface area contributed by atoms with Crippen molar-refractivity contribution in [2.24, 2.45) is 11.8 Å². The van der Waals surface area contributed by atoms with E-state index in [0.717, 1.165) is 5.52 Å². The van der Waals surface area contributed by atoms with Gasteiger partial charge in [0.05, 0.1) is 29.6 Å². The van der Waals surface area contributed by atoms with Crippen LogP contribution in [0.5, 0.6) is 0 Å². The second kappa shape index (κ2) is 11.1. The number of aromatic nitrogens is 3. The van der Waals surface area contributed by atoms with E-state index in [4.69, 9.17) is 4.74 Å². The molecule has 43 heavy (non-hydrogen) atoms. The molecule has 2 bridgehead atoms. The van der Waals surface area contributed by atoms with Crippen molar-refractivity contribution in [3.05, 3.63) is 79.9 Å². The maximum Gasteiger partial charge on any atom is 0.250 e. The Morgan fingerprint density at radius 2 is 1.79 bits per heavy atom. The summed E-state index contributed by atoms with van der Waals surface area (Å²) in [5.41, 5.74) is -0.0240. The average Bonchev–Trinajstić information content (AvgIpc) is 3.71. The molecule has 3 fully saturated rings. The molecule has 0 saturated carbocycles. The van der Waals surface area contributed by atoms with E-state index in [-0.39, 0.29) is 50.6 Å². The molecule has 2 aromatic carbocycles. The number of aliphatic hydroxyl groups excluding tert-OH is 1. The smallest absolute Gasteiger partial charge is 0.250 e. The topological polar surface area (TPSA) is 121 Å². The highest BCUT2D eigenvalue weighted by Crippen LogP contribution is 2.63. The quantitative estimate of drug-likeness (QED) is 0.344. The fourth-order valence-corrected chi connectivity index (χ4v) is 7.39. The van der Waals surface area contributed by atoms with Crippen LogP contribution >= 0.6 is 0 Å². The van der Waals surface area contributed by atoms with E-state index in [1.165, 1.54) is 4.90 Å². The molecule has 3 saturated heterocycles. The predicted molar refractivity (Wildman–Crippen MR) is 159 cm³/mol. The summed E-state index contributed by atoms with van der Waals surface area (Å²) >= 11 is 0. The maximum absolute atomic E-state index is 14.5. The molecule has 1 spiro atoms. The summed E-state index contributed by atoms with van der Waals surface area (Å²) < 4.78 is 8.39. The highest BCUT2D eigenvalue weighted by Gasteiger charge is 2.78. The van der Waals surface area contributed by atoms with Crippen molar-refractivity contribution in [2.45, 2.75) is 43.7 Å². The van der Waals surface area contributed by atoms with Gasteiger partial charge in [-0.1, -0.05) is 47.7 Å². The number of aliphatic hydroxyl groups is 1. The first kappa shape index (κ1) is 28.8. The van der Waals surface area contributed by atoms with Crippen LogP contribution in [0.25, 0.3) is 11.0 Å². The number of nitrogens with zero attached hydrogens (tertiary/aromatic N) is 6. The minimum absolute atomic E-state index is 0.0578. The number of hydrogen-bond acceptors (Lipinski definition) is 7. The molecule has 6 rings (SSSR count). The Labute approximate surface area is 250 Å². The summed E-state index contributed by atoms with van der Waals surface area (Å²) in [6.45, 7) is 9.68. The van der Waals surface area contributed by atoms with Crippen LogP contribution in [0.3, 0.4) is 0 Å². The van der Waals surface area contributed by atoms with Crippen molar-refractivity contribution < 1.29 is 24.2 Å². The third-order valence-electron chi connectivity index (χ3n) is 9.15. The van der Waals surface area contributed by atoms with Gasteiger partial charge in [0.1, 0.15) is 23.8 Å². The number of benzene rings is 2. The number of amides is 3. The first-order valence-corrected chi connectivity index (χ1v) is 14.6. The van der Waals surface area contributed by atoms with Crippen LogP contribution in [0.1, 0.15) is 19.8 Å². The molecular weight excluding hydrogens is 548 g/mol. The molecule has 11 heteroatoms. The van der Waals surface area contributed by atoms with E-state index < -0.39 is 29.1 Å². The minimum atomic E-state index is -1.22. The third-order valence-corrected chi connectivity index (χ3v) is 9.15. The molecule has 0 radical (unpaired) electrons. The van der Waals surface area contributed by atoms with Gasteiger partial charge in [-0.2, -0.15) is 0 Å². The largest absolute Gasteiger partial charge is 0.395 e. The Morgan fingerprint density at radius 3 is 2.51 bits per heavy atom. The number of likely N-dealkylation sites (tertiary alicyclic amines) is 1. The van der Waals surface area contributed by atoms with Crippen LogP contribution in [0.15, 0.2) is 79.9 Å². The van der Waals surface area contributed by atoms with Gasteiger partial charge in [-0.05, 0) is 44.0 Å². The molecule has 3 amide bonds. The van der Waals surface area contributed by atoms with Gasteiger partial charge >= 0.3 is 0 Å². The lowest BCUT2D eigenvalue weighted by molar-refractivity contribution is -0.152. The van der Waals surface area contributed by atoms with Crippen molar-refractivity contribution >= 4 is 34.4 Å². The predicted octanol–water partition coefficient (Wildman–Crippen LogP) is 2.38. The van der Waals surface area contributed by atoms with E-state index in [2.05, 4.69) is 23.5 Å². The number of hydrogen-bond donors (Lipinski definition) is 1. The summed E-state index contributed by atoms with van der Waals surface area (Å²) in [5, 5.41) is 18.4. The first-order chi connectivity index (χ1) is 20.8. The fraction of sp³-hybridized carbons (Fsp3) is 0.406. The van der Waals surface area contributed by atoms with Gasteiger partial charge in [0.15, 0.2) is 0 Å². The van der Waals surface area contributed by atoms with Gasteiger partial charge in [0.25, 0.3) is 0 Å². The van der Waals surface area contributed by atoms with E-state index in [1.807, 2.05) is 61.5 Å². The second-order valence-corrected chi connectivity index (χ2v) is 11.6. The number of carbonyl (C=O) groups excluding carboxylic acids is 3. The van der Waals surface area contributed by atoms with Crippen molar-refractivity contribution in [1.82, 2.24) is 24.8 Å². The molecule has 1 aromatic heterocycles. The lowest BCUT2D eigenvalue weighted by Crippen LogP contribution is -2.57.